The van der Waals surface area contributed by atoms with Crippen molar-refractivity contribution in [3.63, 3.8) is 0 Å². The lowest BCUT2D eigenvalue weighted by atomic mass is 9.97. The Hall–Kier alpha value is -3.16. The van der Waals surface area contributed by atoms with Crippen LogP contribution in [0.1, 0.15) is 18.4 Å². The minimum atomic E-state index is -0.285. The van der Waals surface area contributed by atoms with Crippen molar-refractivity contribution < 1.29 is 4.39 Å². The van der Waals surface area contributed by atoms with Crippen LogP contribution in [0.25, 0.3) is 33.5 Å². The summed E-state index contributed by atoms with van der Waals surface area (Å²) < 4.78 is 16.4. The monoisotopic (exact) mass is 464 g/mol. The zero-order valence-corrected chi connectivity index (χ0v) is 19.4. The summed E-state index contributed by atoms with van der Waals surface area (Å²) in [5.41, 5.74) is 18.5. The molecule has 0 saturated carbocycles. The predicted octanol–water partition coefficient (Wildman–Crippen LogP) is 4.91. The number of halogens is 2. The van der Waals surface area contributed by atoms with E-state index in [-0.39, 0.29) is 11.9 Å². The molecule has 1 aliphatic rings. The molecule has 33 heavy (non-hydrogen) atoms. The summed E-state index contributed by atoms with van der Waals surface area (Å²) in [6.07, 6.45) is 3.46. The van der Waals surface area contributed by atoms with Crippen molar-refractivity contribution in [1.29, 1.82) is 0 Å². The summed E-state index contributed by atoms with van der Waals surface area (Å²) in [5.74, 6) is 0.783. The maximum Gasteiger partial charge on any atom is 0.146 e. The second-order valence-electron chi connectivity index (χ2n) is 8.75. The van der Waals surface area contributed by atoms with Crippen LogP contribution in [0.4, 0.5) is 15.9 Å². The molecule has 0 amide bonds. The molecule has 5 rings (SSSR count). The average molecular weight is 465 g/mol. The first-order valence-electron chi connectivity index (χ1n) is 11.0. The molecule has 4 N–H and O–H groups in total. The fourth-order valence-electron chi connectivity index (χ4n) is 4.68. The molecule has 1 aliphatic heterocycles. The van der Waals surface area contributed by atoms with Gasteiger partial charge in [-0.15, -0.1) is 0 Å². The van der Waals surface area contributed by atoms with E-state index in [4.69, 9.17) is 28.1 Å². The lowest BCUT2D eigenvalue weighted by molar-refractivity contribution is 0.501. The molecule has 3 heterocycles. The first kappa shape index (κ1) is 21.7. The molecular formula is C25H26ClFN6. The van der Waals surface area contributed by atoms with E-state index in [0.29, 0.717) is 16.7 Å². The number of nitrogen functional groups attached to an aromatic ring is 1. The van der Waals surface area contributed by atoms with Crippen molar-refractivity contribution in [2.24, 2.45) is 12.8 Å². The highest BCUT2D eigenvalue weighted by Crippen LogP contribution is 2.43. The maximum atomic E-state index is 14.4. The minimum absolute atomic E-state index is 0.168. The Morgan fingerprint density at radius 1 is 1.12 bits per heavy atom. The Morgan fingerprint density at radius 3 is 2.61 bits per heavy atom. The van der Waals surface area contributed by atoms with Gasteiger partial charge >= 0.3 is 0 Å². The Balaban J connectivity index is 1.80. The Bertz CT molecular complexity index is 1340. The number of piperidine rings is 1. The van der Waals surface area contributed by atoms with Crippen molar-refractivity contribution in [2.75, 3.05) is 23.7 Å². The van der Waals surface area contributed by atoms with Crippen LogP contribution in [0.5, 0.6) is 0 Å². The van der Waals surface area contributed by atoms with Gasteiger partial charge in [0, 0.05) is 43.0 Å². The third-order valence-corrected chi connectivity index (χ3v) is 6.59. The summed E-state index contributed by atoms with van der Waals surface area (Å²) in [4.78, 5) is 11.7. The highest BCUT2D eigenvalue weighted by atomic mass is 35.5. The number of aryl methyl sites for hydroxylation is 2. The van der Waals surface area contributed by atoms with Crippen LogP contribution < -0.4 is 16.4 Å². The highest BCUT2D eigenvalue weighted by Gasteiger charge is 2.27. The molecule has 0 spiro atoms. The molecule has 170 valence electrons. The molecule has 0 atom stereocenters. The number of nitrogens with two attached hydrogens (primary N) is 2. The van der Waals surface area contributed by atoms with Gasteiger partial charge in [0.2, 0.25) is 0 Å². The van der Waals surface area contributed by atoms with Crippen LogP contribution in [-0.2, 0) is 7.05 Å². The zero-order chi connectivity index (χ0) is 23.3. The fraction of sp³-hybridized carbons (Fsp3) is 0.280. The average Bonchev–Trinajstić information content (AvgIpc) is 3.09. The third kappa shape index (κ3) is 3.92. The Kier molecular flexibility index (Phi) is 5.46. The topological polar surface area (TPSA) is 86.0 Å². The number of benzene rings is 2. The first-order valence-corrected chi connectivity index (χ1v) is 11.4. The van der Waals surface area contributed by atoms with E-state index in [2.05, 4.69) is 9.88 Å². The van der Waals surface area contributed by atoms with Gasteiger partial charge in [-0.3, -0.25) is 0 Å². The normalized spacial score (nSPS) is 14.9. The fourth-order valence-corrected chi connectivity index (χ4v) is 4.84. The quantitative estimate of drug-likeness (QED) is 0.449. The van der Waals surface area contributed by atoms with E-state index in [9.17, 15) is 4.39 Å². The van der Waals surface area contributed by atoms with E-state index in [1.807, 2.05) is 42.8 Å². The summed E-state index contributed by atoms with van der Waals surface area (Å²) in [6.45, 7) is 3.43. The standard InChI is InChI=1S/C25H26ClFN6/c1-14-9-15(11-17(27)10-14)19-13-30-24(29)22(23(19)33-7-5-18(28)6-8-33)25-31-20-4-3-16(26)12-21(20)32(25)2/h3-4,9-13,18H,5-8,28H2,1-2H3,(H2,29,30). The number of anilines is 2. The van der Waals surface area contributed by atoms with Gasteiger partial charge in [-0.2, -0.15) is 0 Å². The summed E-state index contributed by atoms with van der Waals surface area (Å²) in [6, 6.07) is 10.8. The lowest BCUT2D eigenvalue weighted by Crippen LogP contribution is -2.40. The second-order valence-corrected chi connectivity index (χ2v) is 9.19. The molecule has 1 saturated heterocycles. The molecule has 0 unspecified atom stereocenters. The maximum absolute atomic E-state index is 14.4. The third-order valence-electron chi connectivity index (χ3n) is 6.36. The van der Waals surface area contributed by atoms with Crippen LogP contribution >= 0.6 is 11.6 Å². The van der Waals surface area contributed by atoms with Crippen LogP contribution in [0, 0.1) is 12.7 Å². The van der Waals surface area contributed by atoms with E-state index in [0.717, 1.165) is 64.9 Å². The first-order chi connectivity index (χ1) is 15.8. The van der Waals surface area contributed by atoms with Crippen molar-refractivity contribution >= 4 is 34.1 Å². The van der Waals surface area contributed by atoms with Gasteiger partial charge in [-0.1, -0.05) is 17.7 Å². The smallest absolute Gasteiger partial charge is 0.146 e. The van der Waals surface area contributed by atoms with Gasteiger partial charge in [0.25, 0.3) is 0 Å². The zero-order valence-electron chi connectivity index (χ0n) is 18.6. The number of pyridine rings is 1. The van der Waals surface area contributed by atoms with Gasteiger partial charge in [-0.25, -0.2) is 14.4 Å². The van der Waals surface area contributed by atoms with Gasteiger partial charge in [-0.05, 0) is 61.2 Å². The van der Waals surface area contributed by atoms with Crippen LogP contribution in [-0.4, -0.2) is 33.7 Å². The Labute approximate surface area is 197 Å². The highest BCUT2D eigenvalue weighted by molar-refractivity contribution is 6.31. The van der Waals surface area contributed by atoms with E-state index in [1.54, 1.807) is 6.20 Å². The van der Waals surface area contributed by atoms with Gasteiger partial charge in [0.15, 0.2) is 0 Å². The minimum Gasteiger partial charge on any atom is -0.383 e. The molecule has 8 heteroatoms. The number of rotatable bonds is 3. The molecule has 2 aromatic heterocycles. The predicted molar refractivity (Wildman–Crippen MR) is 133 cm³/mol. The van der Waals surface area contributed by atoms with Crippen molar-refractivity contribution in [1.82, 2.24) is 14.5 Å². The summed E-state index contributed by atoms with van der Waals surface area (Å²) >= 11 is 6.25. The van der Waals surface area contributed by atoms with Gasteiger partial charge < -0.3 is 20.9 Å². The van der Waals surface area contributed by atoms with Gasteiger partial charge in [0.1, 0.15) is 17.5 Å². The lowest BCUT2D eigenvalue weighted by Gasteiger charge is -2.35. The largest absolute Gasteiger partial charge is 0.383 e. The molecule has 6 nitrogen and oxygen atoms in total. The molecular weight excluding hydrogens is 439 g/mol. The second kappa shape index (κ2) is 8.32. The number of hydrogen-bond donors (Lipinski definition) is 2. The van der Waals surface area contributed by atoms with E-state index < -0.39 is 0 Å². The number of nitrogens with zero attached hydrogens (tertiary/aromatic N) is 4. The van der Waals surface area contributed by atoms with Crippen LogP contribution in [0.2, 0.25) is 5.02 Å². The molecule has 0 radical (unpaired) electrons. The molecule has 0 aliphatic carbocycles. The summed E-state index contributed by atoms with van der Waals surface area (Å²) in [7, 11) is 1.94. The molecule has 2 aromatic carbocycles. The Morgan fingerprint density at radius 2 is 1.88 bits per heavy atom. The van der Waals surface area contributed by atoms with E-state index >= 15 is 0 Å². The van der Waals surface area contributed by atoms with Crippen LogP contribution in [0.15, 0.2) is 42.6 Å². The van der Waals surface area contributed by atoms with Crippen molar-refractivity contribution in [2.45, 2.75) is 25.8 Å². The molecule has 0 bridgehead atoms. The number of hydrogen-bond acceptors (Lipinski definition) is 5. The summed E-state index contributed by atoms with van der Waals surface area (Å²) in [5, 5.41) is 0.636. The molecule has 1 fully saturated rings. The van der Waals surface area contributed by atoms with Crippen molar-refractivity contribution in [3.8, 4) is 22.5 Å². The number of fused-ring (bicyclic) bond motifs is 1. The van der Waals surface area contributed by atoms with Crippen LogP contribution in [0.3, 0.4) is 0 Å². The molecule has 4 aromatic rings. The van der Waals surface area contributed by atoms with E-state index in [1.165, 1.54) is 12.1 Å². The van der Waals surface area contributed by atoms with Crippen molar-refractivity contribution in [3.05, 3.63) is 59.0 Å². The SMILES string of the molecule is Cc1cc(F)cc(-c2cnc(N)c(-c3nc4ccc(Cl)cc4n3C)c2N2CCC(N)CC2)c1. The number of aromatic nitrogens is 3. The number of imidazole rings is 1. The van der Waals surface area contributed by atoms with Gasteiger partial charge in [0.05, 0.1) is 22.3 Å².